The number of hydrogen-bond donors (Lipinski definition) is 2. The minimum atomic E-state index is 0.178. The molecular weight excluding hydrogens is 230 g/mol. The fourth-order valence-corrected chi connectivity index (χ4v) is 2.38. The van der Waals surface area contributed by atoms with Crippen LogP contribution in [-0.4, -0.2) is 0 Å². The maximum atomic E-state index is 8.90. The van der Waals surface area contributed by atoms with E-state index in [1.54, 1.807) is 17.4 Å². The molecule has 0 saturated carbocycles. The monoisotopic (exact) mass is 243 g/mol. The maximum Gasteiger partial charge on any atom is 0.101 e. The Kier molecular flexibility index (Phi) is 3.31. The molecule has 0 spiro atoms. The fraction of sp³-hybridized carbons (Fsp3) is 0.154. The van der Waals surface area contributed by atoms with Gasteiger partial charge in [-0.2, -0.15) is 16.6 Å². The van der Waals surface area contributed by atoms with E-state index in [1.165, 1.54) is 5.56 Å². The third-order valence-electron chi connectivity index (χ3n) is 2.64. The highest BCUT2D eigenvalue weighted by Crippen LogP contribution is 2.27. The smallest absolute Gasteiger partial charge is 0.101 e. The molecule has 1 aromatic carbocycles. The number of rotatable bonds is 3. The van der Waals surface area contributed by atoms with Gasteiger partial charge in [-0.05, 0) is 41.4 Å². The first kappa shape index (κ1) is 11.5. The molecule has 17 heavy (non-hydrogen) atoms. The highest BCUT2D eigenvalue weighted by atomic mass is 32.1. The van der Waals surface area contributed by atoms with E-state index in [2.05, 4.69) is 29.8 Å². The molecule has 1 aromatic heterocycles. The Hall–Kier alpha value is -1.99. The van der Waals surface area contributed by atoms with Gasteiger partial charge in [-0.25, -0.2) is 0 Å². The predicted octanol–water partition coefficient (Wildman–Crippen LogP) is 3.38. The molecule has 0 aliphatic rings. The maximum absolute atomic E-state index is 8.90. The molecule has 0 radical (unpaired) electrons. The number of nitrogens with one attached hydrogen (secondary N) is 1. The summed E-state index contributed by atoms with van der Waals surface area (Å²) >= 11 is 1.67. The largest absolute Gasteiger partial charge is 0.396 e. The van der Waals surface area contributed by atoms with Crippen molar-refractivity contribution >= 4 is 22.7 Å². The van der Waals surface area contributed by atoms with Crippen LogP contribution >= 0.6 is 11.3 Å². The lowest BCUT2D eigenvalue weighted by Gasteiger charge is -2.16. The van der Waals surface area contributed by atoms with E-state index < -0.39 is 0 Å². The number of benzene rings is 1. The van der Waals surface area contributed by atoms with E-state index in [-0.39, 0.29) is 6.04 Å². The third-order valence-corrected chi connectivity index (χ3v) is 3.34. The molecule has 1 unspecified atom stereocenters. The normalized spacial score (nSPS) is 11.8. The van der Waals surface area contributed by atoms with Gasteiger partial charge in [0.15, 0.2) is 0 Å². The first-order valence-corrected chi connectivity index (χ1v) is 6.24. The zero-order chi connectivity index (χ0) is 12.3. The van der Waals surface area contributed by atoms with Crippen molar-refractivity contribution in [1.29, 1.82) is 5.26 Å². The third kappa shape index (κ3) is 2.40. The van der Waals surface area contributed by atoms with Crippen molar-refractivity contribution in [3.05, 3.63) is 46.2 Å². The molecule has 0 bridgehead atoms. The van der Waals surface area contributed by atoms with Crippen LogP contribution in [0.3, 0.4) is 0 Å². The summed E-state index contributed by atoms with van der Waals surface area (Å²) in [6.07, 6.45) is 0. The molecule has 3 nitrogen and oxygen atoms in total. The van der Waals surface area contributed by atoms with Crippen LogP contribution in [0.2, 0.25) is 0 Å². The van der Waals surface area contributed by atoms with E-state index in [0.29, 0.717) is 11.3 Å². The summed E-state index contributed by atoms with van der Waals surface area (Å²) in [6, 6.07) is 9.77. The molecule has 2 aromatic rings. The average molecular weight is 243 g/mol. The number of nitrogen functional groups attached to an aromatic ring is 1. The Labute approximate surface area is 105 Å². The zero-order valence-electron chi connectivity index (χ0n) is 9.47. The topological polar surface area (TPSA) is 61.8 Å². The van der Waals surface area contributed by atoms with Gasteiger partial charge in [0.25, 0.3) is 0 Å². The highest BCUT2D eigenvalue weighted by Gasteiger charge is 2.09. The zero-order valence-corrected chi connectivity index (χ0v) is 10.3. The van der Waals surface area contributed by atoms with E-state index in [1.807, 2.05) is 17.5 Å². The Balaban J connectivity index is 2.23. The lowest BCUT2D eigenvalue weighted by Crippen LogP contribution is -2.08. The van der Waals surface area contributed by atoms with Crippen molar-refractivity contribution in [3.63, 3.8) is 0 Å². The van der Waals surface area contributed by atoms with E-state index in [9.17, 15) is 0 Å². The SMILES string of the molecule is CC(Nc1cccc(C#N)c1N)c1ccsc1. The molecule has 1 heterocycles. The predicted molar refractivity (Wildman–Crippen MR) is 71.9 cm³/mol. The van der Waals surface area contributed by atoms with Crippen LogP contribution in [0.1, 0.15) is 24.1 Å². The first-order valence-electron chi connectivity index (χ1n) is 5.29. The van der Waals surface area contributed by atoms with Gasteiger partial charge >= 0.3 is 0 Å². The Morgan fingerprint density at radius 2 is 2.24 bits per heavy atom. The fourth-order valence-electron chi connectivity index (χ4n) is 1.63. The Morgan fingerprint density at radius 1 is 1.41 bits per heavy atom. The molecule has 0 aliphatic heterocycles. The van der Waals surface area contributed by atoms with E-state index in [0.717, 1.165) is 5.69 Å². The molecular formula is C13H13N3S. The number of nitrogens with two attached hydrogens (primary N) is 1. The molecule has 0 amide bonds. The number of para-hydroxylation sites is 1. The van der Waals surface area contributed by atoms with Crippen LogP contribution in [0.15, 0.2) is 35.0 Å². The number of nitriles is 1. The number of thiophene rings is 1. The van der Waals surface area contributed by atoms with Crippen LogP contribution in [0.25, 0.3) is 0 Å². The van der Waals surface area contributed by atoms with Gasteiger partial charge < -0.3 is 11.1 Å². The van der Waals surface area contributed by atoms with E-state index >= 15 is 0 Å². The molecule has 0 fully saturated rings. The van der Waals surface area contributed by atoms with Crippen molar-refractivity contribution in [3.8, 4) is 6.07 Å². The Morgan fingerprint density at radius 3 is 2.88 bits per heavy atom. The summed E-state index contributed by atoms with van der Waals surface area (Å²) in [5, 5.41) is 16.4. The van der Waals surface area contributed by atoms with Crippen LogP contribution in [0.4, 0.5) is 11.4 Å². The minimum Gasteiger partial charge on any atom is -0.396 e. The molecule has 3 N–H and O–H groups in total. The average Bonchev–Trinajstić information content (AvgIpc) is 2.85. The number of hydrogen-bond acceptors (Lipinski definition) is 4. The molecule has 0 saturated heterocycles. The number of nitrogens with zero attached hydrogens (tertiary/aromatic N) is 1. The van der Waals surface area contributed by atoms with Crippen LogP contribution in [0, 0.1) is 11.3 Å². The van der Waals surface area contributed by atoms with Crippen molar-refractivity contribution < 1.29 is 0 Å². The van der Waals surface area contributed by atoms with Gasteiger partial charge in [0.2, 0.25) is 0 Å². The molecule has 2 rings (SSSR count). The standard InChI is InChI=1S/C13H13N3S/c1-9(11-5-6-17-8-11)16-12-4-2-3-10(7-14)13(12)15/h2-6,8-9,16H,15H2,1H3. The second kappa shape index (κ2) is 4.89. The summed E-state index contributed by atoms with van der Waals surface area (Å²) in [6.45, 7) is 2.07. The van der Waals surface area contributed by atoms with Gasteiger partial charge in [-0.3, -0.25) is 0 Å². The number of anilines is 2. The molecule has 4 heteroatoms. The van der Waals surface area contributed by atoms with Gasteiger partial charge in [-0.15, -0.1) is 0 Å². The van der Waals surface area contributed by atoms with Crippen molar-refractivity contribution in [2.75, 3.05) is 11.1 Å². The summed E-state index contributed by atoms with van der Waals surface area (Å²) < 4.78 is 0. The van der Waals surface area contributed by atoms with Crippen LogP contribution in [-0.2, 0) is 0 Å². The minimum absolute atomic E-state index is 0.178. The molecule has 86 valence electrons. The second-order valence-corrected chi connectivity index (χ2v) is 4.58. The second-order valence-electron chi connectivity index (χ2n) is 3.80. The summed E-state index contributed by atoms with van der Waals surface area (Å²) in [4.78, 5) is 0. The lowest BCUT2D eigenvalue weighted by molar-refractivity contribution is 0.891. The van der Waals surface area contributed by atoms with Crippen LogP contribution < -0.4 is 11.1 Å². The van der Waals surface area contributed by atoms with Crippen molar-refractivity contribution in [1.82, 2.24) is 0 Å². The summed E-state index contributed by atoms with van der Waals surface area (Å²) in [5.41, 5.74) is 8.96. The van der Waals surface area contributed by atoms with Gasteiger partial charge in [-0.1, -0.05) is 6.07 Å². The van der Waals surface area contributed by atoms with Crippen molar-refractivity contribution in [2.24, 2.45) is 0 Å². The quantitative estimate of drug-likeness (QED) is 0.812. The van der Waals surface area contributed by atoms with Gasteiger partial charge in [0, 0.05) is 6.04 Å². The lowest BCUT2D eigenvalue weighted by atomic mass is 10.1. The van der Waals surface area contributed by atoms with Crippen LogP contribution in [0.5, 0.6) is 0 Å². The summed E-state index contributed by atoms with van der Waals surface area (Å²) in [5.74, 6) is 0. The molecule has 1 atom stereocenters. The Bertz CT molecular complexity index is 540. The first-order chi connectivity index (χ1) is 8.22. The van der Waals surface area contributed by atoms with Gasteiger partial charge in [0.05, 0.1) is 16.9 Å². The highest BCUT2D eigenvalue weighted by molar-refractivity contribution is 7.07. The molecule has 0 aliphatic carbocycles. The van der Waals surface area contributed by atoms with Gasteiger partial charge in [0.1, 0.15) is 6.07 Å². The summed E-state index contributed by atoms with van der Waals surface area (Å²) in [7, 11) is 0. The van der Waals surface area contributed by atoms with Crippen molar-refractivity contribution in [2.45, 2.75) is 13.0 Å². The van der Waals surface area contributed by atoms with E-state index in [4.69, 9.17) is 11.0 Å².